The summed E-state index contributed by atoms with van der Waals surface area (Å²) in [6.07, 6.45) is 3.67. The van der Waals surface area contributed by atoms with Crippen molar-refractivity contribution < 1.29 is 18.7 Å². The minimum absolute atomic E-state index is 0.195. The van der Waals surface area contributed by atoms with Crippen LogP contribution in [-0.4, -0.2) is 80.6 Å². The van der Waals surface area contributed by atoms with Gasteiger partial charge in [-0.05, 0) is 24.3 Å². The number of morpholine rings is 1. The number of pyridine rings is 1. The number of nitrogens with zero attached hydrogens (tertiary/aromatic N) is 6. The molecule has 3 aromatic heterocycles. The van der Waals surface area contributed by atoms with Crippen LogP contribution in [0.1, 0.15) is 16.2 Å². The summed E-state index contributed by atoms with van der Waals surface area (Å²) in [6, 6.07) is 11.6. The molecule has 11 heteroatoms. The van der Waals surface area contributed by atoms with Crippen LogP contribution in [0.5, 0.6) is 5.88 Å². The highest BCUT2D eigenvalue weighted by Gasteiger charge is 2.42. The minimum atomic E-state index is -0.668. The summed E-state index contributed by atoms with van der Waals surface area (Å²) >= 11 is 6.11. The Bertz CT molecular complexity index is 1450. The van der Waals surface area contributed by atoms with E-state index in [4.69, 9.17) is 26.1 Å². The highest BCUT2D eigenvalue weighted by atomic mass is 35.5. The predicted molar refractivity (Wildman–Crippen MR) is 134 cm³/mol. The first-order valence-electron chi connectivity index (χ1n) is 11.9. The van der Waals surface area contributed by atoms with E-state index < -0.39 is 11.7 Å². The van der Waals surface area contributed by atoms with Crippen molar-refractivity contribution in [2.24, 2.45) is 0 Å². The van der Waals surface area contributed by atoms with Crippen LogP contribution in [0, 0.1) is 5.82 Å². The fraction of sp³-hybridized carbons (Fsp3) is 0.308. The SMILES string of the molecule is COc1ccc(F)c(C(=O)N2C3COCC2CN(Cc2c(-c4ccc(Cl)cc4)nc4ncccn24)C3)n1. The van der Waals surface area contributed by atoms with Gasteiger partial charge in [0.25, 0.3) is 5.91 Å². The molecule has 2 aliphatic heterocycles. The van der Waals surface area contributed by atoms with E-state index in [0.717, 1.165) is 17.0 Å². The third kappa shape index (κ3) is 4.41. The van der Waals surface area contributed by atoms with Gasteiger partial charge in [-0.2, -0.15) is 0 Å². The van der Waals surface area contributed by atoms with Gasteiger partial charge in [0.1, 0.15) is 0 Å². The number of fused-ring (bicyclic) bond motifs is 3. The van der Waals surface area contributed by atoms with Gasteiger partial charge in [-0.3, -0.25) is 14.1 Å². The van der Waals surface area contributed by atoms with Gasteiger partial charge in [0.15, 0.2) is 11.5 Å². The fourth-order valence-corrected chi connectivity index (χ4v) is 5.28. The van der Waals surface area contributed by atoms with Crippen LogP contribution in [0.2, 0.25) is 5.02 Å². The molecule has 6 rings (SSSR count). The average molecular weight is 523 g/mol. The lowest BCUT2D eigenvalue weighted by Gasteiger charge is -2.49. The van der Waals surface area contributed by atoms with E-state index >= 15 is 0 Å². The van der Waals surface area contributed by atoms with Gasteiger partial charge in [0, 0.05) is 48.7 Å². The number of carbonyl (C=O) groups excluding carboxylic acids is 1. The fourth-order valence-electron chi connectivity index (χ4n) is 5.16. The maximum absolute atomic E-state index is 14.6. The van der Waals surface area contributed by atoms with Crippen LogP contribution in [0.3, 0.4) is 0 Å². The van der Waals surface area contributed by atoms with E-state index in [2.05, 4.69) is 14.9 Å². The van der Waals surface area contributed by atoms with E-state index in [9.17, 15) is 9.18 Å². The number of aromatic nitrogens is 4. The van der Waals surface area contributed by atoms with Crippen molar-refractivity contribution in [2.45, 2.75) is 18.6 Å². The number of amides is 1. The summed E-state index contributed by atoms with van der Waals surface area (Å²) < 4.78 is 27.4. The molecule has 9 nitrogen and oxygen atoms in total. The van der Waals surface area contributed by atoms with Crippen LogP contribution in [-0.2, 0) is 11.3 Å². The van der Waals surface area contributed by atoms with Crippen molar-refractivity contribution in [2.75, 3.05) is 33.4 Å². The lowest BCUT2D eigenvalue weighted by Crippen LogP contribution is -2.66. The molecule has 190 valence electrons. The molecule has 2 unspecified atom stereocenters. The third-order valence-electron chi connectivity index (χ3n) is 6.81. The van der Waals surface area contributed by atoms with Crippen LogP contribution in [0.25, 0.3) is 17.0 Å². The maximum atomic E-state index is 14.6. The molecule has 1 aromatic carbocycles. The number of benzene rings is 1. The summed E-state index contributed by atoms with van der Waals surface area (Å²) in [4.78, 5) is 30.7. The van der Waals surface area contributed by atoms with Crippen molar-refractivity contribution in [1.29, 1.82) is 0 Å². The highest BCUT2D eigenvalue weighted by Crippen LogP contribution is 2.30. The molecule has 5 heterocycles. The molecule has 2 fully saturated rings. The molecular formula is C26H24ClFN6O3. The number of rotatable bonds is 5. The molecular weight excluding hydrogens is 499 g/mol. The number of methoxy groups -OCH3 is 1. The number of piperazine rings is 1. The zero-order valence-corrected chi connectivity index (χ0v) is 20.8. The molecule has 2 atom stereocenters. The van der Waals surface area contributed by atoms with Crippen LogP contribution < -0.4 is 4.74 Å². The van der Waals surface area contributed by atoms with Gasteiger partial charge >= 0.3 is 0 Å². The molecule has 37 heavy (non-hydrogen) atoms. The Morgan fingerprint density at radius 1 is 1.14 bits per heavy atom. The number of halogens is 2. The monoisotopic (exact) mass is 522 g/mol. The molecule has 2 bridgehead atoms. The Kier molecular flexibility index (Phi) is 6.23. The second-order valence-corrected chi connectivity index (χ2v) is 9.58. The standard InChI is InChI=1S/C26H24ClFN6O3/c1-36-22-8-7-20(28)24(30-22)25(35)34-18-11-32(12-19(34)15-37-14-18)13-21-23(16-3-5-17(27)6-4-16)31-26-29-9-2-10-33(21)26/h2-10,18-19H,11-15H2,1H3. The van der Waals surface area contributed by atoms with E-state index in [-0.39, 0.29) is 23.7 Å². The van der Waals surface area contributed by atoms with Gasteiger partial charge in [-0.1, -0.05) is 23.7 Å². The zero-order chi connectivity index (χ0) is 25.5. The average Bonchev–Trinajstić information content (AvgIpc) is 3.27. The molecule has 0 N–H and O–H groups in total. The Hall–Kier alpha value is -3.60. The number of ether oxygens (including phenoxy) is 2. The molecule has 1 amide bonds. The Balaban J connectivity index is 1.29. The van der Waals surface area contributed by atoms with Crippen molar-refractivity contribution >= 4 is 23.3 Å². The van der Waals surface area contributed by atoms with E-state index in [1.165, 1.54) is 19.2 Å². The number of hydrogen-bond acceptors (Lipinski definition) is 7. The van der Waals surface area contributed by atoms with E-state index in [0.29, 0.717) is 43.6 Å². The van der Waals surface area contributed by atoms with Gasteiger partial charge in [0.05, 0.1) is 43.8 Å². The van der Waals surface area contributed by atoms with Gasteiger partial charge < -0.3 is 14.4 Å². The van der Waals surface area contributed by atoms with E-state index in [1.807, 2.05) is 40.9 Å². The smallest absolute Gasteiger partial charge is 0.276 e. The van der Waals surface area contributed by atoms with Crippen molar-refractivity contribution in [3.63, 3.8) is 0 Å². The second-order valence-electron chi connectivity index (χ2n) is 9.14. The molecule has 4 aromatic rings. The van der Waals surface area contributed by atoms with Crippen LogP contribution >= 0.6 is 11.6 Å². The van der Waals surface area contributed by atoms with Crippen LogP contribution in [0.4, 0.5) is 4.39 Å². The predicted octanol–water partition coefficient (Wildman–Crippen LogP) is 3.32. The largest absolute Gasteiger partial charge is 0.481 e. The third-order valence-corrected chi connectivity index (χ3v) is 7.06. The van der Waals surface area contributed by atoms with E-state index in [1.54, 1.807) is 11.1 Å². The zero-order valence-electron chi connectivity index (χ0n) is 20.1. The number of carbonyl (C=O) groups is 1. The first-order chi connectivity index (χ1) is 18.0. The molecule has 0 spiro atoms. The Labute approximate surface area is 217 Å². The summed E-state index contributed by atoms with van der Waals surface area (Å²) in [5, 5.41) is 0.655. The summed E-state index contributed by atoms with van der Waals surface area (Å²) in [5.41, 5.74) is 2.53. The van der Waals surface area contributed by atoms with Gasteiger partial charge in [0.2, 0.25) is 11.7 Å². The molecule has 0 saturated carbocycles. The Morgan fingerprint density at radius 2 is 1.89 bits per heavy atom. The molecule has 2 saturated heterocycles. The lowest BCUT2D eigenvalue weighted by atomic mass is 10.0. The van der Waals surface area contributed by atoms with Gasteiger partial charge in [-0.15, -0.1) is 0 Å². The highest BCUT2D eigenvalue weighted by molar-refractivity contribution is 6.30. The van der Waals surface area contributed by atoms with Crippen molar-refractivity contribution in [3.05, 3.63) is 77.1 Å². The van der Waals surface area contributed by atoms with Crippen LogP contribution in [0.15, 0.2) is 54.9 Å². The topological polar surface area (TPSA) is 85.1 Å². The maximum Gasteiger partial charge on any atom is 0.276 e. The summed E-state index contributed by atoms with van der Waals surface area (Å²) in [7, 11) is 1.43. The lowest BCUT2D eigenvalue weighted by molar-refractivity contribution is -0.0819. The van der Waals surface area contributed by atoms with Gasteiger partial charge in [-0.25, -0.2) is 19.3 Å². The van der Waals surface area contributed by atoms with Crippen molar-refractivity contribution in [3.8, 4) is 17.1 Å². The quantitative estimate of drug-likeness (QED) is 0.397. The molecule has 0 aliphatic carbocycles. The summed E-state index contributed by atoms with van der Waals surface area (Å²) in [6.45, 7) is 2.43. The molecule has 2 aliphatic rings. The number of hydrogen-bond donors (Lipinski definition) is 0. The second kappa shape index (κ2) is 9.70. The number of imidazole rings is 1. The first-order valence-corrected chi connectivity index (χ1v) is 12.3. The minimum Gasteiger partial charge on any atom is -0.481 e. The Morgan fingerprint density at radius 3 is 2.62 bits per heavy atom. The first kappa shape index (κ1) is 23.8. The van der Waals surface area contributed by atoms with Crippen molar-refractivity contribution in [1.82, 2.24) is 29.2 Å². The normalized spacial score (nSPS) is 19.8. The molecule has 0 radical (unpaired) electrons. The summed E-state index contributed by atoms with van der Waals surface area (Å²) in [5.74, 6) is -0.312.